The van der Waals surface area contributed by atoms with Crippen LogP contribution in [-0.4, -0.2) is 13.7 Å². The number of aromatic nitrogens is 1. The smallest absolute Gasteiger partial charge is 0.372 e. The summed E-state index contributed by atoms with van der Waals surface area (Å²) in [6.07, 6.45) is 14.4. The van der Waals surface area contributed by atoms with E-state index in [1.165, 1.54) is 64.5 Å². The minimum absolute atomic E-state index is 0.0175. The summed E-state index contributed by atoms with van der Waals surface area (Å²) in [5.41, 5.74) is 1.97. The number of hydrogen-bond donors (Lipinski definition) is 0. The van der Waals surface area contributed by atoms with Gasteiger partial charge in [-0.2, -0.15) is 4.57 Å². The first-order valence-corrected chi connectivity index (χ1v) is 16.9. The lowest BCUT2D eigenvalue weighted by Crippen LogP contribution is -2.34. The van der Waals surface area contributed by atoms with E-state index in [9.17, 15) is 9.46 Å². The second-order valence-corrected chi connectivity index (χ2v) is 12.0. The number of nitrogens with zero attached hydrogens (tertiary/aromatic N) is 1. The molecule has 1 atom stereocenters. The molecule has 0 bridgehead atoms. The molecule has 0 aliphatic heterocycles. The maximum absolute atomic E-state index is 12.9. The summed E-state index contributed by atoms with van der Waals surface area (Å²) in [4.78, 5) is 12.9. The van der Waals surface area contributed by atoms with Crippen molar-refractivity contribution >= 4 is 18.7 Å². The zero-order chi connectivity index (χ0) is 30.3. The summed E-state index contributed by atoms with van der Waals surface area (Å²) < 4.78 is 37.2. The van der Waals surface area contributed by atoms with Crippen molar-refractivity contribution in [2.24, 2.45) is 0 Å². The van der Waals surface area contributed by atoms with Crippen LogP contribution in [-0.2, 0) is 11.1 Å². The number of methoxy groups -OCH3 is 1. The van der Waals surface area contributed by atoms with Gasteiger partial charge in [0.25, 0.3) is 0 Å². The molecular formula is C35H44NO6P. The molecule has 0 radical (unpaired) electrons. The van der Waals surface area contributed by atoms with Gasteiger partial charge in [0.1, 0.15) is 5.75 Å². The largest absolute Gasteiger partial charge is 0.736 e. The zero-order valence-corrected chi connectivity index (χ0v) is 26.3. The van der Waals surface area contributed by atoms with Gasteiger partial charge in [-0.3, -0.25) is 0 Å². The lowest BCUT2D eigenvalue weighted by molar-refractivity contribution is -0.662. The number of ether oxygens (including phenoxy) is 2. The van der Waals surface area contributed by atoms with Gasteiger partial charge in [0.2, 0.25) is 11.3 Å². The van der Waals surface area contributed by atoms with Crippen LogP contribution in [0.4, 0.5) is 0 Å². The third kappa shape index (κ3) is 10.3. The van der Waals surface area contributed by atoms with E-state index in [-0.39, 0.29) is 17.2 Å². The van der Waals surface area contributed by atoms with Gasteiger partial charge in [0.05, 0.1) is 13.7 Å². The summed E-state index contributed by atoms with van der Waals surface area (Å²) in [5, 5.41) is 1.12. The van der Waals surface area contributed by atoms with Crippen molar-refractivity contribution in [2.75, 3.05) is 13.7 Å². The Hall–Kier alpha value is -3.54. The fraction of sp³-hybridized carbons (Fsp3) is 0.400. The maximum Gasteiger partial charge on any atom is 0.372 e. The minimum atomic E-state index is -4.79. The molecule has 0 saturated carbocycles. The molecule has 3 aromatic carbocycles. The van der Waals surface area contributed by atoms with E-state index >= 15 is 0 Å². The molecule has 1 heterocycles. The summed E-state index contributed by atoms with van der Waals surface area (Å²) >= 11 is 0. The molecule has 43 heavy (non-hydrogen) atoms. The van der Waals surface area contributed by atoms with Crippen molar-refractivity contribution in [1.29, 1.82) is 0 Å². The van der Waals surface area contributed by atoms with E-state index in [2.05, 4.69) is 29.7 Å². The fourth-order valence-corrected chi connectivity index (χ4v) is 5.97. The van der Waals surface area contributed by atoms with Gasteiger partial charge in [0, 0.05) is 23.1 Å². The Labute approximate surface area is 256 Å². The van der Waals surface area contributed by atoms with Crippen LogP contribution in [0.15, 0.2) is 85.1 Å². The number of para-hydroxylation sites is 2. The van der Waals surface area contributed by atoms with Gasteiger partial charge in [-0.15, -0.1) is 0 Å². The average molecular weight is 606 g/mol. The molecule has 4 aromatic rings. The van der Waals surface area contributed by atoms with Crippen LogP contribution in [0.5, 0.6) is 23.0 Å². The topological polar surface area (TPSA) is 80.9 Å². The monoisotopic (exact) mass is 605 g/mol. The summed E-state index contributed by atoms with van der Waals surface area (Å²) in [6.45, 7) is 3.31. The molecule has 0 amide bonds. The Kier molecular flexibility index (Phi) is 12.7. The van der Waals surface area contributed by atoms with Crippen molar-refractivity contribution in [1.82, 2.24) is 0 Å². The Balaban J connectivity index is 1.29. The van der Waals surface area contributed by atoms with Gasteiger partial charge < -0.3 is 23.4 Å². The van der Waals surface area contributed by atoms with Crippen LogP contribution in [0.25, 0.3) is 10.9 Å². The van der Waals surface area contributed by atoms with E-state index in [0.717, 1.165) is 29.3 Å². The normalized spacial score (nSPS) is 12.5. The van der Waals surface area contributed by atoms with Crippen LogP contribution < -0.4 is 28.0 Å². The number of unbranched alkanes of at least 4 members (excludes halogenated alkanes) is 9. The highest BCUT2D eigenvalue weighted by Crippen LogP contribution is 2.46. The van der Waals surface area contributed by atoms with Crippen molar-refractivity contribution in [3.8, 4) is 23.0 Å². The molecule has 0 aliphatic carbocycles. The highest BCUT2D eigenvalue weighted by molar-refractivity contribution is 7.46. The van der Waals surface area contributed by atoms with Gasteiger partial charge in [-0.05, 0) is 42.8 Å². The quantitative estimate of drug-likeness (QED) is 0.0607. The Morgan fingerprint density at radius 2 is 1.42 bits per heavy atom. The summed E-state index contributed by atoms with van der Waals surface area (Å²) in [7, 11) is -3.33. The first kappa shape index (κ1) is 32.4. The van der Waals surface area contributed by atoms with Gasteiger partial charge >= 0.3 is 7.82 Å². The first-order chi connectivity index (χ1) is 21.0. The molecule has 4 rings (SSSR count). The maximum atomic E-state index is 12.9. The van der Waals surface area contributed by atoms with Crippen LogP contribution in [0.3, 0.4) is 0 Å². The predicted molar refractivity (Wildman–Crippen MR) is 169 cm³/mol. The molecule has 0 aliphatic rings. The number of hydrogen-bond acceptors (Lipinski definition) is 6. The van der Waals surface area contributed by atoms with Gasteiger partial charge in [0.15, 0.2) is 24.2 Å². The van der Waals surface area contributed by atoms with E-state index in [1.807, 2.05) is 30.5 Å². The molecule has 230 valence electrons. The van der Waals surface area contributed by atoms with Crippen LogP contribution in [0, 0.1) is 0 Å². The molecule has 0 saturated heterocycles. The van der Waals surface area contributed by atoms with E-state index in [4.69, 9.17) is 18.5 Å². The number of pyridine rings is 1. The van der Waals surface area contributed by atoms with Crippen molar-refractivity contribution in [3.05, 3.63) is 90.6 Å². The molecule has 1 aromatic heterocycles. The molecule has 0 fully saturated rings. The van der Waals surface area contributed by atoms with E-state index in [1.54, 1.807) is 30.3 Å². The van der Waals surface area contributed by atoms with Crippen molar-refractivity contribution < 1.29 is 32.5 Å². The molecule has 8 heteroatoms. The third-order valence-corrected chi connectivity index (χ3v) is 8.22. The standard InChI is InChI=1S/C35H44NO6P/c1-3-4-5-6-7-8-9-10-11-14-26-40-33-23-16-24-34(35(33)39-2)42-43(37,38)41-31-21-15-18-29(27-31)28-36-25-17-20-30-19-12-13-22-32(30)36/h12-13,15-25,27H,3-11,14,26,28H2,1-2H3. The Morgan fingerprint density at radius 3 is 2.19 bits per heavy atom. The van der Waals surface area contributed by atoms with Crippen LogP contribution in [0.1, 0.15) is 76.7 Å². The SMILES string of the molecule is CCCCCCCCCCCCOc1cccc(OP(=O)([O-])Oc2cccc(C[n+]3cccc4ccccc43)c2)c1OC. The van der Waals surface area contributed by atoms with Gasteiger partial charge in [-0.1, -0.05) is 95.0 Å². The van der Waals surface area contributed by atoms with Crippen LogP contribution >= 0.6 is 7.82 Å². The molecular weight excluding hydrogens is 561 g/mol. The average Bonchev–Trinajstić information content (AvgIpc) is 3.00. The Morgan fingerprint density at radius 1 is 0.744 bits per heavy atom. The molecule has 7 nitrogen and oxygen atoms in total. The van der Waals surface area contributed by atoms with Gasteiger partial charge in [-0.25, -0.2) is 4.57 Å². The zero-order valence-electron chi connectivity index (χ0n) is 25.4. The first-order valence-electron chi connectivity index (χ1n) is 15.5. The second-order valence-electron chi connectivity index (χ2n) is 10.8. The molecule has 1 unspecified atom stereocenters. The summed E-state index contributed by atoms with van der Waals surface area (Å²) in [6, 6.07) is 24.1. The molecule has 0 spiro atoms. The number of benzene rings is 3. The Bertz CT molecular complexity index is 1470. The van der Waals surface area contributed by atoms with Crippen LogP contribution in [0.2, 0.25) is 0 Å². The number of fused-ring (bicyclic) bond motifs is 1. The number of rotatable bonds is 19. The second kappa shape index (κ2) is 16.9. The fourth-order valence-electron chi connectivity index (χ4n) is 5.18. The lowest BCUT2D eigenvalue weighted by Gasteiger charge is -2.25. The van der Waals surface area contributed by atoms with E-state index < -0.39 is 7.82 Å². The minimum Gasteiger partial charge on any atom is -0.736 e. The van der Waals surface area contributed by atoms with E-state index in [0.29, 0.717) is 18.9 Å². The third-order valence-electron chi connectivity index (χ3n) is 7.37. The number of phosphoric ester groups is 1. The van der Waals surface area contributed by atoms with Crippen molar-refractivity contribution in [2.45, 2.75) is 77.7 Å². The van der Waals surface area contributed by atoms with Crippen molar-refractivity contribution in [3.63, 3.8) is 0 Å². The molecule has 0 N–H and O–H groups in total. The predicted octanol–water partition coefficient (Wildman–Crippen LogP) is 8.41. The highest BCUT2D eigenvalue weighted by atomic mass is 31.2. The number of phosphoric acid groups is 1. The lowest BCUT2D eigenvalue weighted by atomic mass is 10.1. The summed E-state index contributed by atoms with van der Waals surface area (Å²) in [5.74, 6) is 0.841. The highest BCUT2D eigenvalue weighted by Gasteiger charge is 2.20.